The van der Waals surface area contributed by atoms with Crippen molar-refractivity contribution in [3.63, 3.8) is 0 Å². The average Bonchev–Trinajstić information content (AvgIpc) is 2.92. The van der Waals surface area contributed by atoms with Gasteiger partial charge in [-0.1, -0.05) is 0 Å². The predicted molar refractivity (Wildman–Crippen MR) is 65.9 cm³/mol. The second kappa shape index (κ2) is 4.10. The van der Waals surface area contributed by atoms with Gasteiger partial charge in [-0.3, -0.25) is 0 Å². The van der Waals surface area contributed by atoms with Crippen LogP contribution in [0.4, 0.5) is 0 Å². The van der Waals surface area contributed by atoms with Crippen LogP contribution in [0.5, 0.6) is 0 Å². The molecule has 94 valence electrons. The number of hydrogen-bond acceptors (Lipinski definition) is 3. The van der Waals surface area contributed by atoms with E-state index in [2.05, 4.69) is 4.98 Å². The topological polar surface area (TPSA) is 64.3 Å². The van der Waals surface area contributed by atoms with Gasteiger partial charge in [-0.15, -0.1) is 0 Å². The van der Waals surface area contributed by atoms with E-state index >= 15 is 0 Å². The lowest BCUT2D eigenvalue weighted by Crippen LogP contribution is -2.11. The summed E-state index contributed by atoms with van der Waals surface area (Å²) in [6.45, 7) is 3.18. The van der Waals surface area contributed by atoms with Crippen LogP contribution in [0.1, 0.15) is 28.5 Å². The normalized spacial score (nSPS) is 19.5. The fraction of sp³-hybridized carbons (Fsp3) is 0.385. The van der Waals surface area contributed by atoms with Crippen LogP contribution in [0, 0.1) is 6.92 Å². The first kappa shape index (κ1) is 11.2. The summed E-state index contributed by atoms with van der Waals surface area (Å²) in [6, 6.07) is 3.77. The quantitative estimate of drug-likeness (QED) is 0.880. The van der Waals surface area contributed by atoms with E-state index < -0.39 is 5.97 Å². The third-order valence-corrected chi connectivity index (χ3v) is 3.49. The van der Waals surface area contributed by atoms with Crippen molar-refractivity contribution in [2.75, 3.05) is 13.2 Å². The highest BCUT2D eigenvalue weighted by molar-refractivity contribution is 6.04. The third-order valence-electron chi connectivity index (χ3n) is 3.49. The molecule has 0 spiro atoms. The molecule has 5 heteroatoms. The van der Waals surface area contributed by atoms with E-state index in [1.54, 1.807) is 12.3 Å². The van der Waals surface area contributed by atoms with Crippen molar-refractivity contribution in [3.8, 4) is 0 Å². The maximum atomic E-state index is 11.4. The summed E-state index contributed by atoms with van der Waals surface area (Å²) in [4.78, 5) is 15.7. The van der Waals surface area contributed by atoms with E-state index in [4.69, 9.17) is 4.74 Å². The minimum Gasteiger partial charge on any atom is -0.478 e. The van der Waals surface area contributed by atoms with Crippen molar-refractivity contribution >= 4 is 17.0 Å². The monoisotopic (exact) mass is 246 g/mol. The zero-order valence-corrected chi connectivity index (χ0v) is 10.1. The first-order valence-corrected chi connectivity index (χ1v) is 5.96. The molecule has 0 bridgehead atoms. The van der Waals surface area contributed by atoms with Gasteiger partial charge < -0.3 is 14.4 Å². The van der Waals surface area contributed by atoms with Gasteiger partial charge in [0.15, 0.2) is 0 Å². The molecular weight excluding hydrogens is 232 g/mol. The number of rotatable bonds is 2. The third kappa shape index (κ3) is 1.51. The molecule has 0 aromatic carbocycles. The van der Waals surface area contributed by atoms with E-state index in [1.807, 2.05) is 17.6 Å². The Morgan fingerprint density at radius 1 is 1.61 bits per heavy atom. The first-order chi connectivity index (χ1) is 8.70. The number of pyridine rings is 1. The molecule has 1 aliphatic rings. The zero-order chi connectivity index (χ0) is 12.7. The van der Waals surface area contributed by atoms with Crippen LogP contribution in [0.15, 0.2) is 18.3 Å². The Kier molecular flexibility index (Phi) is 2.56. The summed E-state index contributed by atoms with van der Waals surface area (Å²) in [5.41, 5.74) is 1.85. The maximum Gasteiger partial charge on any atom is 0.338 e. The first-order valence-electron chi connectivity index (χ1n) is 5.96. The molecule has 0 aliphatic carbocycles. The van der Waals surface area contributed by atoms with Gasteiger partial charge in [-0.05, 0) is 25.5 Å². The number of carboxylic acids is 1. The second-order valence-electron chi connectivity index (χ2n) is 4.53. The summed E-state index contributed by atoms with van der Waals surface area (Å²) in [7, 11) is 0. The van der Waals surface area contributed by atoms with E-state index in [0.717, 1.165) is 24.4 Å². The van der Waals surface area contributed by atoms with Crippen LogP contribution in [0.25, 0.3) is 11.0 Å². The molecule has 2 aromatic rings. The molecule has 1 fully saturated rings. The molecule has 1 atom stereocenters. The van der Waals surface area contributed by atoms with Crippen molar-refractivity contribution in [3.05, 3.63) is 29.6 Å². The Hall–Kier alpha value is -1.88. The molecular formula is C13H14N2O3. The Morgan fingerprint density at radius 3 is 3.11 bits per heavy atom. The van der Waals surface area contributed by atoms with E-state index in [1.165, 1.54) is 0 Å². The second-order valence-corrected chi connectivity index (χ2v) is 4.53. The summed E-state index contributed by atoms with van der Waals surface area (Å²) in [5, 5.41) is 10.1. The summed E-state index contributed by atoms with van der Waals surface area (Å²) in [5.74, 6) is -0.900. The Labute approximate surface area is 104 Å². The molecule has 5 nitrogen and oxygen atoms in total. The molecule has 0 saturated carbocycles. The van der Waals surface area contributed by atoms with Crippen molar-refractivity contribution in [2.24, 2.45) is 0 Å². The van der Waals surface area contributed by atoms with Crippen molar-refractivity contribution < 1.29 is 14.6 Å². The number of aromatic carboxylic acids is 1. The number of hydrogen-bond donors (Lipinski definition) is 1. The highest BCUT2D eigenvalue weighted by Crippen LogP contribution is 2.30. The van der Waals surface area contributed by atoms with Gasteiger partial charge in [0.2, 0.25) is 0 Å². The molecule has 2 aromatic heterocycles. The summed E-state index contributed by atoms with van der Waals surface area (Å²) >= 11 is 0. The van der Waals surface area contributed by atoms with Crippen LogP contribution in [0.2, 0.25) is 0 Å². The lowest BCUT2D eigenvalue weighted by atomic mass is 10.2. The number of aromatic nitrogens is 2. The molecule has 0 amide bonds. The largest absolute Gasteiger partial charge is 0.478 e. The standard InChI is InChI=1S/C13H14N2O3/c1-8-11(13(16)17)10-3-2-5-14-12(10)15(8)9-4-6-18-7-9/h2-3,5,9H,4,6-7H2,1H3,(H,16,17). The minimum absolute atomic E-state index is 0.190. The van der Waals surface area contributed by atoms with E-state index in [-0.39, 0.29) is 6.04 Å². The van der Waals surface area contributed by atoms with Crippen LogP contribution in [-0.2, 0) is 4.74 Å². The summed E-state index contributed by atoms with van der Waals surface area (Å²) in [6.07, 6.45) is 2.60. The molecule has 1 N–H and O–H groups in total. The average molecular weight is 246 g/mol. The summed E-state index contributed by atoms with van der Waals surface area (Å²) < 4.78 is 7.39. The SMILES string of the molecule is Cc1c(C(=O)O)c2cccnc2n1C1CCOC1. The smallest absolute Gasteiger partial charge is 0.338 e. The van der Waals surface area contributed by atoms with Crippen LogP contribution in [0.3, 0.4) is 0 Å². The Bertz CT molecular complexity index is 612. The van der Waals surface area contributed by atoms with Crippen molar-refractivity contribution in [1.82, 2.24) is 9.55 Å². The lowest BCUT2D eigenvalue weighted by molar-refractivity contribution is 0.0697. The molecule has 1 saturated heterocycles. The van der Waals surface area contributed by atoms with Gasteiger partial charge in [0.1, 0.15) is 5.65 Å². The predicted octanol–water partition coefficient (Wildman–Crippen LogP) is 2.00. The maximum absolute atomic E-state index is 11.4. The fourth-order valence-corrected chi connectivity index (χ4v) is 2.70. The Morgan fingerprint density at radius 2 is 2.44 bits per heavy atom. The van der Waals surface area contributed by atoms with Gasteiger partial charge in [0.05, 0.1) is 18.2 Å². The molecule has 1 unspecified atom stereocenters. The molecule has 0 radical (unpaired) electrons. The highest BCUT2D eigenvalue weighted by Gasteiger charge is 2.26. The van der Waals surface area contributed by atoms with Crippen LogP contribution in [-0.4, -0.2) is 33.8 Å². The van der Waals surface area contributed by atoms with Crippen molar-refractivity contribution in [2.45, 2.75) is 19.4 Å². The number of ether oxygens (including phenoxy) is 1. The van der Waals surface area contributed by atoms with Gasteiger partial charge in [0.25, 0.3) is 0 Å². The minimum atomic E-state index is -0.900. The number of nitrogens with zero attached hydrogens (tertiary/aromatic N) is 2. The van der Waals surface area contributed by atoms with Gasteiger partial charge in [-0.2, -0.15) is 0 Å². The van der Waals surface area contributed by atoms with Crippen LogP contribution >= 0.6 is 0 Å². The van der Waals surface area contributed by atoms with Gasteiger partial charge in [-0.25, -0.2) is 9.78 Å². The van der Waals surface area contributed by atoms with Gasteiger partial charge in [0, 0.05) is 23.9 Å². The molecule has 3 rings (SSSR count). The molecule has 18 heavy (non-hydrogen) atoms. The zero-order valence-electron chi connectivity index (χ0n) is 10.1. The Balaban J connectivity index is 2.30. The van der Waals surface area contributed by atoms with Gasteiger partial charge >= 0.3 is 5.97 Å². The van der Waals surface area contributed by atoms with Crippen LogP contribution < -0.4 is 0 Å². The number of carboxylic acid groups (broad SMARTS) is 1. The fourth-order valence-electron chi connectivity index (χ4n) is 2.70. The molecule has 1 aliphatic heterocycles. The lowest BCUT2D eigenvalue weighted by Gasteiger charge is -2.13. The van der Waals surface area contributed by atoms with Crippen molar-refractivity contribution in [1.29, 1.82) is 0 Å². The molecule has 3 heterocycles. The number of carbonyl (C=O) groups is 1. The highest BCUT2D eigenvalue weighted by atomic mass is 16.5. The number of fused-ring (bicyclic) bond motifs is 1. The van der Waals surface area contributed by atoms with E-state index in [0.29, 0.717) is 17.6 Å². The van der Waals surface area contributed by atoms with E-state index in [9.17, 15) is 9.90 Å².